The van der Waals surface area contributed by atoms with Gasteiger partial charge in [-0.1, -0.05) is 6.07 Å². The van der Waals surface area contributed by atoms with Crippen molar-refractivity contribution in [2.45, 2.75) is 13.8 Å². The van der Waals surface area contributed by atoms with Gasteiger partial charge in [0.05, 0.1) is 0 Å². The molecular formula is C17H16FN3O3. The molecule has 0 fully saturated rings. The Morgan fingerprint density at radius 3 is 1.88 bits per heavy atom. The highest BCUT2D eigenvalue weighted by molar-refractivity contribution is 6.06. The van der Waals surface area contributed by atoms with Gasteiger partial charge in [-0.3, -0.25) is 14.4 Å². The Kier molecular flexibility index (Phi) is 5.26. The van der Waals surface area contributed by atoms with E-state index < -0.39 is 11.7 Å². The van der Waals surface area contributed by atoms with Gasteiger partial charge in [-0.05, 0) is 36.4 Å². The SMILES string of the molecule is CC(=O)Nc1cc(NC(C)=O)cc(C(=O)Nc2cccc(F)c2)c1. The third-order valence-corrected chi connectivity index (χ3v) is 2.92. The van der Waals surface area contributed by atoms with Crippen LogP contribution in [0.4, 0.5) is 21.5 Å². The molecule has 0 radical (unpaired) electrons. The quantitative estimate of drug-likeness (QED) is 0.806. The Morgan fingerprint density at radius 2 is 1.38 bits per heavy atom. The number of amides is 3. The number of halogens is 1. The molecule has 0 aliphatic carbocycles. The van der Waals surface area contributed by atoms with Crippen LogP contribution < -0.4 is 16.0 Å². The minimum atomic E-state index is -0.501. The van der Waals surface area contributed by atoms with E-state index >= 15 is 0 Å². The van der Waals surface area contributed by atoms with E-state index in [4.69, 9.17) is 0 Å². The topological polar surface area (TPSA) is 87.3 Å². The van der Waals surface area contributed by atoms with E-state index in [0.717, 1.165) is 0 Å². The van der Waals surface area contributed by atoms with Crippen LogP contribution in [-0.2, 0) is 9.59 Å². The maximum absolute atomic E-state index is 13.2. The average molecular weight is 329 g/mol. The fourth-order valence-corrected chi connectivity index (χ4v) is 2.08. The fourth-order valence-electron chi connectivity index (χ4n) is 2.08. The number of carbonyl (C=O) groups excluding carboxylic acids is 3. The molecule has 0 saturated heterocycles. The lowest BCUT2D eigenvalue weighted by molar-refractivity contribution is -0.115. The lowest BCUT2D eigenvalue weighted by Gasteiger charge is -2.11. The number of rotatable bonds is 4. The van der Waals surface area contributed by atoms with E-state index in [-0.39, 0.29) is 17.4 Å². The Morgan fingerprint density at radius 1 is 0.792 bits per heavy atom. The number of anilines is 3. The lowest BCUT2D eigenvalue weighted by atomic mass is 10.1. The summed E-state index contributed by atoms with van der Waals surface area (Å²) in [7, 11) is 0. The summed E-state index contributed by atoms with van der Waals surface area (Å²) in [5, 5.41) is 7.67. The molecule has 2 aromatic rings. The molecule has 2 rings (SSSR count). The largest absolute Gasteiger partial charge is 0.326 e. The summed E-state index contributed by atoms with van der Waals surface area (Å²) in [4.78, 5) is 34.8. The molecule has 0 atom stereocenters. The standard InChI is InChI=1S/C17H16FN3O3/c1-10(22)19-15-6-12(7-16(9-15)20-11(2)23)17(24)21-14-5-3-4-13(18)8-14/h3-9H,1-2H3,(H,19,22)(H,20,23)(H,21,24). The molecule has 3 amide bonds. The lowest BCUT2D eigenvalue weighted by Crippen LogP contribution is -2.15. The maximum Gasteiger partial charge on any atom is 0.255 e. The van der Waals surface area contributed by atoms with Crippen molar-refractivity contribution < 1.29 is 18.8 Å². The number of benzene rings is 2. The van der Waals surface area contributed by atoms with Crippen LogP contribution in [0.1, 0.15) is 24.2 Å². The summed E-state index contributed by atoms with van der Waals surface area (Å²) in [6.07, 6.45) is 0. The summed E-state index contributed by atoms with van der Waals surface area (Å²) in [6, 6.07) is 9.92. The van der Waals surface area contributed by atoms with Gasteiger partial charge in [0.2, 0.25) is 11.8 Å². The van der Waals surface area contributed by atoms with Crippen LogP contribution in [-0.4, -0.2) is 17.7 Å². The molecule has 0 aromatic heterocycles. The molecule has 0 saturated carbocycles. The van der Waals surface area contributed by atoms with Crippen LogP contribution in [0.25, 0.3) is 0 Å². The highest BCUT2D eigenvalue weighted by Gasteiger charge is 2.11. The molecular weight excluding hydrogens is 313 g/mol. The second-order valence-electron chi connectivity index (χ2n) is 5.13. The molecule has 0 aliphatic rings. The van der Waals surface area contributed by atoms with Crippen molar-refractivity contribution >= 4 is 34.8 Å². The number of carbonyl (C=O) groups is 3. The van der Waals surface area contributed by atoms with Crippen LogP contribution in [0.5, 0.6) is 0 Å². The fraction of sp³-hybridized carbons (Fsp3) is 0.118. The molecule has 3 N–H and O–H groups in total. The highest BCUT2D eigenvalue weighted by Crippen LogP contribution is 2.21. The normalized spacial score (nSPS) is 9.96. The summed E-state index contributed by atoms with van der Waals surface area (Å²) in [5.41, 5.74) is 1.22. The van der Waals surface area contributed by atoms with Crippen molar-refractivity contribution in [1.29, 1.82) is 0 Å². The van der Waals surface area contributed by atoms with Crippen molar-refractivity contribution in [3.63, 3.8) is 0 Å². The minimum Gasteiger partial charge on any atom is -0.326 e. The molecule has 0 bridgehead atoms. The van der Waals surface area contributed by atoms with E-state index in [2.05, 4.69) is 16.0 Å². The van der Waals surface area contributed by atoms with Crippen LogP contribution in [0, 0.1) is 5.82 Å². The Balaban J connectivity index is 2.30. The van der Waals surface area contributed by atoms with Gasteiger partial charge in [0, 0.05) is 36.5 Å². The number of hydrogen-bond donors (Lipinski definition) is 3. The zero-order valence-corrected chi connectivity index (χ0v) is 13.1. The van der Waals surface area contributed by atoms with Crippen LogP contribution in [0.2, 0.25) is 0 Å². The molecule has 2 aromatic carbocycles. The molecule has 0 spiro atoms. The van der Waals surface area contributed by atoms with Crippen LogP contribution in [0.15, 0.2) is 42.5 Å². The zero-order chi connectivity index (χ0) is 17.7. The van der Waals surface area contributed by atoms with Crippen LogP contribution in [0.3, 0.4) is 0 Å². The summed E-state index contributed by atoms with van der Waals surface area (Å²) >= 11 is 0. The Hall–Kier alpha value is -3.22. The van der Waals surface area contributed by atoms with Gasteiger partial charge in [0.15, 0.2) is 0 Å². The monoisotopic (exact) mass is 329 g/mol. The van der Waals surface area contributed by atoms with Gasteiger partial charge in [-0.2, -0.15) is 0 Å². The molecule has 124 valence electrons. The van der Waals surface area contributed by atoms with E-state index in [0.29, 0.717) is 17.1 Å². The number of nitrogens with one attached hydrogen (secondary N) is 3. The average Bonchev–Trinajstić information content (AvgIpc) is 2.45. The van der Waals surface area contributed by atoms with Gasteiger partial charge < -0.3 is 16.0 Å². The Bertz CT molecular complexity index is 771. The van der Waals surface area contributed by atoms with Crippen molar-refractivity contribution in [1.82, 2.24) is 0 Å². The highest BCUT2D eigenvalue weighted by atomic mass is 19.1. The minimum absolute atomic E-state index is 0.203. The van der Waals surface area contributed by atoms with Gasteiger partial charge in [-0.25, -0.2) is 4.39 Å². The zero-order valence-electron chi connectivity index (χ0n) is 13.1. The molecule has 0 heterocycles. The van der Waals surface area contributed by atoms with Crippen molar-refractivity contribution in [3.8, 4) is 0 Å². The second-order valence-corrected chi connectivity index (χ2v) is 5.13. The smallest absolute Gasteiger partial charge is 0.255 e. The molecule has 0 unspecified atom stereocenters. The summed E-state index contributed by atoms with van der Waals surface area (Å²) < 4.78 is 13.2. The van der Waals surface area contributed by atoms with E-state index in [1.165, 1.54) is 50.2 Å². The second kappa shape index (κ2) is 7.36. The van der Waals surface area contributed by atoms with Crippen molar-refractivity contribution in [2.24, 2.45) is 0 Å². The third kappa shape index (κ3) is 4.91. The summed E-state index contributed by atoms with van der Waals surface area (Å²) in [5.74, 6) is -1.60. The first-order valence-corrected chi connectivity index (χ1v) is 7.10. The first kappa shape index (κ1) is 17.1. The van der Waals surface area contributed by atoms with Gasteiger partial charge in [-0.15, -0.1) is 0 Å². The van der Waals surface area contributed by atoms with E-state index in [1.54, 1.807) is 6.07 Å². The predicted octanol–water partition coefficient (Wildman–Crippen LogP) is 2.99. The predicted molar refractivity (Wildman–Crippen MR) is 89.4 cm³/mol. The molecule has 7 heteroatoms. The first-order valence-electron chi connectivity index (χ1n) is 7.10. The molecule has 6 nitrogen and oxygen atoms in total. The Labute approximate surface area is 138 Å². The first-order chi connectivity index (χ1) is 11.3. The van der Waals surface area contributed by atoms with Crippen molar-refractivity contribution in [2.75, 3.05) is 16.0 Å². The van der Waals surface area contributed by atoms with Crippen molar-refractivity contribution in [3.05, 3.63) is 53.8 Å². The molecule has 0 aliphatic heterocycles. The molecule has 24 heavy (non-hydrogen) atoms. The van der Waals surface area contributed by atoms with E-state index in [9.17, 15) is 18.8 Å². The number of hydrogen-bond acceptors (Lipinski definition) is 3. The van der Waals surface area contributed by atoms with Gasteiger partial charge >= 0.3 is 0 Å². The van der Waals surface area contributed by atoms with E-state index in [1.807, 2.05) is 0 Å². The van der Waals surface area contributed by atoms with Gasteiger partial charge in [0.25, 0.3) is 5.91 Å². The summed E-state index contributed by atoms with van der Waals surface area (Å²) in [6.45, 7) is 2.66. The third-order valence-electron chi connectivity index (χ3n) is 2.92. The maximum atomic E-state index is 13.2. The van der Waals surface area contributed by atoms with Crippen LogP contribution >= 0.6 is 0 Å². The van der Waals surface area contributed by atoms with Gasteiger partial charge in [0.1, 0.15) is 5.82 Å².